The lowest BCUT2D eigenvalue weighted by Gasteiger charge is -2.35. The van der Waals surface area contributed by atoms with Crippen molar-refractivity contribution in [2.75, 3.05) is 32.8 Å². The van der Waals surface area contributed by atoms with E-state index in [0.717, 1.165) is 24.8 Å². The Kier molecular flexibility index (Phi) is 7.31. The summed E-state index contributed by atoms with van der Waals surface area (Å²) in [5.74, 6) is -0.284. The minimum atomic E-state index is -0.587. The van der Waals surface area contributed by atoms with Crippen molar-refractivity contribution in [3.05, 3.63) is 48.2 Å². The number of aromatic nitrogens is 3. The molecule has 0 aliphatic carbocycles. The molecule has 206 valence electrons. The van der Waals surface area contributed by atoms with Gasteiger partial charge in [0.2, 0.25) is 0 Å². The maximum Gasteiger partial charge on any atom is 0.410 e. The van der Waals surface area contributed by atoms with Gasteiger partial charge in [0.05, 0.1) is 22.3 Å². The van der Waals surface area contributed by atoms with E-state index in [0.29, 0.717) is 60.8 Å². The van der Waals surface area contributed by atoms with Crippen LogP contribution in [0.5, 0.6) is 5.75 Å². The largest absolute Gasteiger partial charge is 0.872 e. The number of pyridine rings is 1. The molecule has 39 heavy (non-hydrogen) atoms. The van der Waals surface area contributed by atoms with Gasteiger partial charge in [-0.3, -0.25) is 4.79 Å². The zero-order valence-electron chi connectivity index (χ0n) is 22.7. The van der Waals surface area contributed by atoms with E-state index in [1.807, 2.05) is 20.8 Å². The second-order valence-electron chi connectivity index (χ2n) is 10.9. The van der Waals surface area contributed by atoms with E-state index in [9.17, 15) is 14.7 Å². The third kappa shape index (κ3) is 5.61. The van der Waals surface area contributed by atoms with E-state index in [1.165, 1.54) is 12.1 Å². The Balaban J connectivity index is 1.53. The highest BCUT2D eigenvalue weighted by Gasteiger charge is 2.31. The molecule has 2 aliphatic rings. The molecule has 0 saturated carbocycles. The highest BCUT2D eigenvalue weighted by atomic mass is 16.6. The molecular weight excluding hydrogens is 498 g/mol. The number of amides is 2. The number of benzene rings is 1. The third-order valence-corrected chi connectivity index (χ3v) is 6.91. The molecule has 1 unspecified atom stereocenters. The predicted octanol–water partition coefficient (Wildman–Crippen LogP) is 4.21. The van der Waals surface area contributed by atoms with E-state index in [-0.39, 0.29) is 24.0 Å². The lowest BCUT2D eigenvalue weighted by Crippen LogP contribution is -2.51. The average molecular weight is 533 g/mol. The Hall–Kier alpha value is -3.92. The molecule has 1 aromatic carbocycles. The summed E-state index contributed by atoms with van der Waals surface area (Å²) in [4.78, 5) is 34.8. The minimum Gasteiger partial charge on any atom is -0.872 e. The zero-order valence-corrected chi connectivity index (χ0v) is 22.7. The Morgan fingerprint density at radius 1 is 1.10 bits per heavy atom. The third-order valence-electron chi connectivity index (χ3n) is 6.91. The van der Waals surface area contributed by atoms with Crippen molar-refractivity contribution >= 4 is 29.1 Å². The van der Waals surface area contributed by atoms with Crippen molar-refractivity contribution in [1.29, 1.82) is 0 Å². The van der Waals surface area contributed by atoms with Crippen LogP contribution < -0.4 is 5.11 Å². The van der Waals surface area contributed by atoms with Gasteiger partial charge in [-0.1, -0.05) is 30.8 Å². The Morgan fingerprint density at radius 2 is 1.79 bits per heavy atom. The Morgan fingerprint density at radius 3 is 2.41 bits per heavy atom. The number of rotatable bonds is 4. The van der Waals surface area contributed by atoms with Crippen LogP contribution in [0.1, 0.15) is 62.3 Å². The summed E-state index contributed by atoms with van der Waals surface area (Å²) in [7, 11) is 0. The summed E-state index contributed by atoms with van der Waals surface area (Å²) in [6.07, 6.45) is 3.75. The van der Waals surface area contributed by atoms with Crippen LogP contribution in [0.25, 0.3) is 28.4 Å². The molecule has 0 N–H and O–H groups in total. The van der Waals surface area contributed by atoms with Crippen LogP contribution in [-0.4, -0.2) is 75.0 Å². The van der Waals surface area contributed by atoms with E-state index >= 15 is 0 Å². The maximum atomic E-state index is 14.0. The highest BCUT2D eigenvalue weighted by Crippen LogP contribution is 2.33. The fourth-order valence-electron chi connectivity index (χ4n) is 4.95. The molecule has 2 aromatic heterocycles. The fraction of sp³-hybridized carbons (Fsp3) is 0.448. The second-order valence-corrected chi connectivity index (χ2v) is 10.9. The molecule has 0 spiro atoms. The molecule has 3 aromatic rings. The average Bonchev–Trinajstić information content (AvgIpc) is 3.31. The molecule has 2 amide bonds. The summed E-state index contributed by atoms with van der Waals surface area (Å²) in [5, 5.41) is 17.1. The number of hydrogen-bond donors (Lipinski definition) is 0. The summed E-state index contributed by atoms with van der Waals surface area (Å²) in [5.41, 5.74) is 2.24. The standard InChI is InChI=1S/C29H35N5O5/c1-5-22-25-21(27(36)32-13-15-33(16-14-32)28(37)39-29(2,3)4)18-23(19-9-11-20(35)12-10-19)30-26(25)34(31-22)24-8-6-7-17-38-24/h5,9-12,18,24,35H,1,6-8,13-17H2,2-4H3/p-1. The summed E-state index contributed by atoms with van der Waals surface area (Å²) < 4.78 is 13.3. The van der Waals surface area contributed by atoms with Crippen molar-refractivity contribution in [2.45, 2.75) is 51.9 Å². The van der Waals surface area contributed by atoms with Gasteiger partial charge in [-0.05, 0) is 52.2 Å². The monoisotopic (exact) mass is 532 g/mol. The molecule has 10 heteroatoms. The first-order chi connectivity index (χ1) is 18.6. The quantitative estimate of drug-likeness (QED) is 0.495. The smallest absolute Gasteiger partial charge is 0.410 e. The number of carbonyl (C=O) groups excluding carboxylic acids is 2. The Bertz CT molecular complexity index is 1380. The van der Waals surface area contributed by atoms with Crippen LogP contribution in [0.2, 0.25) is 0 Å². The molecule has 4 heterocycles. The van der Waals surface area contributed by atoms with Gasteiger partial charge in [-0.15, -0.1) is 5.75 Å². The van der Waals surface area contributed by atoms with E-state index in [2.05, 4.69) is 6.58 Å². The summed E-state index contributed by atoms with van der Waals surface area (Å²) >= 11 is 0. The molecule has 2 fully saturated rings. The van der Waals surface area contributed by atoms with Gasteiger partial charge in [0.15, 0.2) is 11.9 Å². The van der Waals surface area contributed by atoms with Crippen molar-refractivity contribution in [3.8, 4) is 17.0 Å². The van der Waals surface area contributed by atoms with Gasteiger partial charge < -0.3 is 24.4 Å². The number of nitrogens with zero attached hydrogens (tertiary/aromatic N) is 5. The highest BCUT2D eigenvalue weighted by molar-refractivity contribution is 6.09. The van der Waals surface area contributed by atoms with Gasteiger partial charge in [-0.2, -0.15) is 5.10 Å². The molecule has 0 bridgehead atoms. The normalized spacial score (nSPS) is 18.3. The van der Waals surface area contributed by atoms with Crippen LogP contribution >= 0.6 is 0 Å². The zero-order chi connectivity index (χ0) is 27.7. The van der Waals surface area contributed by atoms with Gasteiger partial charge in [0.1, 0.15) is 5.60 Å². The second kappa shape index (κ2) is 10.7. The van der Waals surface area contributed by atoms with Crippen molar-refractivity contribution in [1.82, 2.24) is 24.6 Å². The van der Waals surface area contributed by atoms with Crippen LogP contribution in [0.15, 0.2) is 36.9 Å². The molecule has 0 radical (unpaired) electrons. The molecule has 10 nitrogen and oxygen atoms in total. The van der Waals surface area contributed by atoms with Crippen molar-refractivity contribution in [3.63, 3.8) is 0 Å². The SMILES string of the molecule is C=Cc1nn(C2CCCCO2)c2nc(-c3ccc([O-])cc3)cc(C(=O)N3CCN(C(=O)OC(C)(C)C)CC3)c12. The molecule has 1 atom stereocenters. The predicted molar refractivity (Wildman–Crippen MR) is 145 cm³/mol. The number of carbonyl (C=O) groups is 2. The van der Waals surface area contributed by atoms with Crippen molar-refractivity contribution in [2.24, 2.45) is 0 Å². The number of hydrogen-bond acceptors (Lipinski definition) is 7. The van der Waals surface area contributed by atoms with E-state index in [4.69, 9.17) is 19.6 Å². The van der Waals surface area contributed by atoms with Crippen molar-refractivity contribution < 1.29 is 24.2 Å². The number of piperazine rings is 1. The maximum absolute atomic E-state index is 14.0. The van der Waals surface area contributed by atoms with Gasteiger partial charge in [0, 0.05) is 38.3 Å². The van der Waals surface area contributed by atoms with E-state index < -0.39 is 5.60 Å². The Labute approximate surface area is 227 Å². The molecular formula is C29H34N5O5-. The van der Waals surface area contributed by atoms with Crippen LogP contribution in [0, 0.1) is 0 Å². The molecule has 2 saturated heterocycles. The first kappa shape index (κ1) is 26.7. The van der Waals surface area contributed by atoms with Gasteiger partial charge >= 0.3 is 6.09 Å². The number of ether oxygens (including phenoxy) is 2. The molecule has 2 aliphatic heterocycles. The lowest BCUT2D eigenvalue weighted by atomic mass is 10.0. The topological polar surface area (TPSA) is 113 Å². The first-order valence-electron chi connectivity index (χ1n) is 13.4. The minimum absolute atomic E-state index is 0.103. The summed E-state index contributed by atoms with van der Waals surface area (Å²) in [6.45, 7) is 11.5. The van der Waals surface area contributed by atoms with Gasteiger partial charge in [0.25, 0.3) is 5.91 Å². The van der Waals surface area contributed by atoms with Crippen LogP contribution in [0.3, 0.4) is 0 Å². The molecule has 5 rings (SSSR count). The first-order valence-corrected chi connectivity index (χ1v) is 13.4. The number of fused-ring (bicyclic) bond motifs is 1. The van der Waals surface area contributed by atoms with Crippen LogP contribution in [0.4, 0.5) is 4.79 Å². The lowest BCUT2D eigenvalue weighted by molar-refractivity contribution is -0.268. The van der Waals surface area contributed by atoms with Gasteiger partial charge in [-0.25, -0.2) is 14.5 Å². The van der Waals surface area contributed by atoms with Crippen LogP contribution in [-0.2, 0) is 9.47 Å². The fourth-order valence-corrected chi connectivity index (χ4v) is 4.95. The van der Waals surface area contributed by atoms with E-state index in [1.54, 1.807) is 38.8 Å². The summed E-state index contributed by atoms with van der Waals surface area (Å²) in [6, 6.07) is 8.13.